The monoisotopic (exact) mass is 642 g/mol. The Kier molecular flexibility index (Phi) is 7.37. The molecule has 0 fully saturated rings. The predicted octanol–water partition coefficient (Wildman–Crippen LogP) is 11.2. The Morgan fingerprint density at radius 1 is 0.469 bits per heavy atom. The lowest BCUT2D eigenvalue weighted by Gasteiger charge is -2.19. The molecule has 2 heterocycles. The van der Waals surface area contributed by atoms with E-state index in [2.05, 4.69) is 61.7 Å². The van der Waals surface area contributed by atoms with Gasteiger partial charge in [0.05, 0.1) is 16.7 Å². The van der Waals surface area contributed by atoms with Crippen LogP contribution in [-0.4, -0.2) is 19.5 Å². The first kappa shape index (κ1) is 30.3. The van der Waals surface area contributed by atoms with E-state index in [1.54, 1.807) is 6.07 Å². The van der Waals surface area contributed by atoms with Crippen LogP contribution in [0.2, 0.25) is 0 Å². The molecule has 8 rings (SSSR count). The van der Waals surface area contributed by atoms with E-state index in [1.165, 1.54) is 11.6 Å². The molecule has 6 aromatic carbocycles. The van der Waals surface area contributed by atoms with Gasteiger partial charge in [0, 0.05) is 27.5 Å². The summed E-state index contributed by atoms with van der Waals surface area (Å²) in [4.78, 5) is 15.0. The average molecular weight is 643 g/mol. The van der Waals surface area contributed by atoms with Gasteiger partial charge in [-0.2, -0.15) is 0 Å². The smallest absolute Gasteiger partial charge is 0.166 e. The molecule has 0 aliphatic heterocycles. The van der Waals surface area contributed by atoms with Gasteiger partial charge >= 0.3 is 0 Å². The highest BCUT2D eigenvalue weighted by molar-refractivity contribution is 6.10. The average Bonchev–Trinajstić information content (AvgIpc) is 3.46. The molecular weight excluding hydrogens is 610 g/mol. The van der Waals surface area contributed by atoms with Gasteiger partial charge in [0.15, 0.2) is 29.1 Å². The number of para-hydroxylation sites is 1. The van der Waals surface area contributed by atoms with Crippen molar-refractivity contribution in [1.29, 1.82) is 0 Å². The van der Waals surface area contributed by atoms with Gasteiger partial charge in [-0.3, -0.25) is 0 Å². The fourth-order valence-electron chi connectivity index (χ4n) is 6.39. The fourth-order valence-corrected chi connectivity index (χ4v) is 6.39. The number of aromatic nitrogens is 4. The minimum absolute atomic E-state index is 0.0400. The van der Waals surface area contributed by atoms with Crippen molar-refractivity contribution in [3.63, 3.8) is 0 Å². The van der Waals surface area contributed by atoms with Gasteiger partial charge in [0.1, 0.15) is 0 Å². The second-order valence-corrected chi connectivity index (χ2v) is 13.2. The van der Waals surface area contributed by atoms with Gasteiger partial charge in [-0.05, 0) is 64.6 Å². The molecule has 2 aromatic heterocycles. The quantitative estimate of drug-likeness (QED) is 0.188. The zero-order valence-corrected chi connectivity index (χ0v) is 27.3. The number of hydrogen-bond donors (Lipinski definition) is 0. The second kappa shape index (κ2) is 11.9. The zero-order chi connectivity index (χ0) is 33.7. The molecular formula is C43H32F2N4. The molecule has 0 amide bonds. The van der Waals surface area contributed by atoms with Crippen molar-refractivity contribution in [1.82, 2.24) is 19.5 Å². The molecule has 0 aliphatic carbocycles. The Morgan fingerprint density at radius 2 is 1.04 bits per heavy atom. The Bertz CT molecular complexity index is 2440. The van der Waals surface area contributed by atoms with Gasteiger partial charge in [0.25, 0.3) is 0 Å². The molecule has 0 unspecified atom stereocenters. The summed E-state index contributed by atoms with van der Waals surface area (Å²) >= 11 is 0. The van der Waals surface area contributed by atoms with E-state index in [4.69, 9.17) is 15.0 Å². The molecule has 0 bridgehead atoms. The lowest BCUT2D eigenvalue weighted by Crippen LogP contribution is -2.10. The van der Waals surface area contributed by atoms with Crippen LogP contribution >= 0.6 is 0 Å². The molecule has 0 N–H and O–H groups in total. The van der Waals surface area contributed by atoms with Crippen LogP contribution in [0.15, 0.2) is 140 Å². The minimum atomic E-state index is -0.896. The summed E-state index contributed by atoms with van der Waals surface area (Å²) in [6.07, 6.45) is 0. The molecule has 0 radical (unpaired) electrons. The number of rotatable bonds is 5. The Morgan fingerprint density at radius 3 is 1.69 bits per heavy atom. The van der Waals surface area contributed by atoms with Crippen molar-refractivity contribution >= 4 is 21.8 Å². The van der Waals surface area contributed by atoms with E-state index in [9.17, 15) is 8.78 Å². The van der Waals surface area contributed by atoms with Crippen molar-refractivity contribution in [2.45, 2.75) is 26.2 Å². The molecule has 238 valence electrons. The fraction of sp³-hybridized carbons (Fsp3) is 0.0930. The van der Waals surface area contributed by atoms with Crippen LogP contribution in [0.25, 0.3) is 72.8 Å². The molecule has 0 spiro atoms. The lowest BCUT2D eigenvalue weighted by atomic mass is 9.86. The SMILES string of the molecule is CC(C)(C)c1ccc2c(c1)c1ccccc1n2-c1cc(-c2ccc(F)c(F)c2)ccc1-c1nc(-c2ccccc2)nc(-c2ccccc2)n1. The van der Waals surface area contributed by atoms with Crippen molar-refractivity contribution in [2.24, 2.45) is 0 Å². The van der Waals surface area contributed by atoms with Crippen LogP contribution in [0.1, 0.15) is 26.3 Å². The third-order valence-electron chi connectivity index (χ3n) is 8.97. The summed E-state index contributed by atoms with van der Waals surface area (Å²) in [7, 11) is 0. The summed E-state index contributed by atoms with van der Waals surface area (Å²) in [5, 5.41) is 2.23. The van der Waals surface area contributed by atoms with Crippen molar-refractivity contribution in [3.8, 4) is 51.0 Å². The van der Waals surface area contributed by atoms with Crippen LogP contribution in [-0.2, 0) is 5.41 Å². The summed E-state index contributed by atoms with van der Waals surface area (Å²) in [5.41, 5.74) is 7.82. The van der Waals surface area contributed by atoms with E-state index in [1.807, 2.05) is 84.9 Å². The highest BCUT2D eigenvalue weighted by Gasteiger charge is 2.22. The summed E-state index contributed by atoms with van der Waals surface area (Å²) in [5.74, 6) is -0.178. The zero-order valence-electron chi connectivity index (χ0n) is 27.3. The first-order chi connectivity index (χ1) is 23.7. The maximum Gasteiger partial charge on any atom is 0.166 e. The highest BCUT2D eigenvalue weighted by Crippen LogP contribution is 2.39. The topological polar surface area (TPSA) is 43.6 Å². The van der Waals surface area contributed by atoms with Crippen LogP contribution in [0, 0.1) is 11.6 Å². The van der Waals surface area contributed by atoms with Crippen molar-refractivity contribution < 1.29 is 8.78 Å². The first-order valence-electron chi connectivity index (χ1n) is 16.3. The second-order valence-electron chi connectivity index (χ2n) is 13.2. The van der Waals surface area contributed by atoms with E-state index in [0.717, 1.165) is 55.8 Å². The third kappa shape index (κ3) is 5.55. The van der Waals surface area contributed by atoms with E-state index >= 15 is 0 Å². The molecule has 4 nitrogen and oxygen atoms in total. The molecule has 8 aromatic rings. The summed E-state index contributed by atoms with van der Waals surface area (Å²) < 4.78 is 30.8. The van der Waals surface area contributed by atoms with Gasteiger partial charge in [0.2, 0.25) is 0 Å². The number of hydrogen-bond acceptors (Lipinski definition) is 3. The molecule has 0 aliphatic rings. The van der Waals surface area contributed by atoms with E-state index in [0.29, 0.717) is 23.0 Å². The maximum absolute atomic E-state index is 14.5. The molecule has 0 atom stereocenters. The summed E-state index contributed by atoms with van der Waals surface area (Å²) in [6.45, 7) is 6.64. The minimum Gasteiger partial charge on any atom is -0.308 e. The predicted molar refractivity (Wildman–Crippen MR) is 195 cm³/mol. The van der Waals surface area contributed by atoms with Crippen LogP contribution in [0.5, 0.6) is 0 Å². The van der Waals surface area contributed by atoms with Crippen molar-refractivity contribution in [2.75, 3.05) is 0 Å². The summed E-state index contributed by atoms with van der Waals surface area (Å²) in [6, 6.07) is 44.6. The molecule has 0 saturated heterocycles. The molecule has 6 heteroatoms. The Labute approximate surface area is 283 Å². The van der Waals surface area contributed by atoms with Gasteiger partial charge in [-0.1, -0.05) is 118 Å². The van der Waals surface area contributed by atoms with Gasteiger partial charge in [-0.25, -0.2) is 23.7 Å². The van der Waals surface area contributed by atoms with Crippen LogP contribution in [0.4, 0.5) is 8.78 Å². The Balaban J connectivity index is 1.45. The normalized spacial score (nSPS) is 11.8. The van der Waals surface area contributed by atoms with Gasteiger partial charge < -0.3 is 4.57 Å². The highest BCUT2D eigenvalue weighted by atomic mass is 19.2. The Hall–Kier alpha value is -6.01. The largest absolute Gasteiger partial charge is 0.308 e. The van der Waals surface area contributed by atoms with E-state index in [-0.39, 0.29) is 5.41 Å². The molecule has 0 saturated carbocycles. The first-order valence-corrected chi connectivity index (χ1v) is 16.3. The van der Waals surface area contributed by atoms with Gasteiger partial charge in [-0.15, -0.1) is 0 Å². The van der Waals surface area contributed by atoms with E-state index < -0.39 is 11.6 Å². The van der Waals surface area contributed by atoms with Crippen LogP contribution in [0.3, 0.4) is 0 Å². The number of halogens is 2. The maximum atomic E-state index is 14.5. The standard InChI is InChI=1S/C43H32F2N4/c1-43(2,3)31-20-23-38-34(26-31)32-16-10-11-17-37(32)49(38)39-25-30(29-19-22-35(44)36(45)24-29)18-21-33(39)42-47-40(27-12-6-4-7-13-27)46-41(48-42)28-14-8-5-9-15-28/h4-26H,1-3H3. The van der Waals surface area contributed by atoms with Crippen LogP contribution < -0.4 is 0 Å². The third-order valence-corrected chi connectivity index (χ3v) is 8.97. The molecule has 49 heavy (non-hydrogen) atoms. The number of benzene rings is 6. The van der Waals surface area contributed by atoms with Crippen molar-refractivity contribution in [3.05, 3.63) is 157 Å². The number of fused-ring (bicyclic) bond motifs is 3. The number of nitrogens with zero attached hydrogens (tertiary/aromatic N) is 4. The lowest BCUT2D eigenvalue weighted by molar-refractivity contribution is 0.509.